The van der Waals surface area contributed by atoms with Crippen LogP contribution in [-0.4, -0.2) is 19.5 Å². The van der Waals surface area contributed by atoms with E-state index in [2.05, 4.69) is 33.7 Å². The third-order valence-electron chi connectivity index (χ3n) is 2.91. The highest BCUT2D eigenvalue weighted by Crippen LogP contribution is 2.17. The number of fused-ring (bicyclic) bond motifs is 1. The predicted octanol–water partition coefficient (Wildman–Crippen LogP) is 2.10. The van der Waals surface area contributed by atoms with E-state index < -0.39 is 0 Å². The van der Waals surface area contributed by atoms with E-state index in [1.165, 1.54) is 5.56 Å². The number of nitrogens with two attached hydrogens (primary N) is 1. The van der Waals surface area contributed by atoms with E-state index in [-0.39, 0.29) is 5.95 Å². The Morgan fingerprint density at radius 3 is 2.74 bits per heavy atom. The quantitative estimate of drug-likeness (QED) is 0.774. The van der Waals surface area contributed by atoms with Gasteiger partial charge in [0.15, 0.2) is 5.65 Å². The number of imidazole rings is 1. The Balaban J connectivity index is 2.11. The molecule has 0 saturated heterocycles. The second kappa shape index (κ2) is 4.53. The van der Waals surface area contributed by atoms with E-state index in [1.807, 2.05) is 22.8 Å². The van der Waals surface area contributed by atoms with Crippen molar-refractivity contribution in [3.63, 3.8) is 0 Å². The second-order valence-corrected chi connectivity index (χ2v) is 4.18. The molecule has 0 amide bonds. The first-order valence-corrected chi connectivity index (χ1v) is 5.94. The molecule has 0 saturated carbocycles. The highest BCUT2D eigenvalue weighted by Gasteiger charge is 2.11. The maximum absolute atomic E-state index is 5.61. The molecular formula is C14H13N5. The Labute approximate surface area is 110 Å². The first-order chi connectivity index (χ1) is 9.28. The fraction of sp³-hybridized carbons (Fsp3) is 0.0714. The van der Waals surface area contributed by atoms with Gasteiger partial charge >= 0.3 is 0 Å². The molecule has 5 nitrogen and oxygen atoms in total. The van der Waals surface area contributed by atoms with E-state index in [4.69, 9.17) is 5.73 Å². The van der Waals surface area contributed by atoms with Crippen molar-refractivity contribution in [2.24, 2.45) is 0 Å². The molecule has 2 N–H and O–H groups in total. The zero-order valence-corrected chi connectivity index (χ0v) is 10.3. The van der Waals surface area contributed by atoms with Crippen LogP contribution in [0, 0.1) is 0 Å². The average Bonchev–Trinajstić information content (AvgIpc) is 2.76. The van der Waals surface area contributed by atoms with Gasteiger partial charge in [0.25, 0.3) is 0 Å². The molecule has 5 heteroatoms. The summed E-state index contributed by atoms with van der Waals surface area (Å²) in [5.74, 6) is 1.11. The van der Waals surface area contributed by atoms with Crippen LogP contribution in [0.1, 0.15) is 11.4 Å². The van der Waals surface area contributed by atoms with Crippen molar-refractivity contribution in [2.45, 2.75) is 6.42 Å². The van der Waals surface area contributed by atoms with Crippen molar-refractivity contribution >= 4 is 23.3 Å². The van der Waals surface area contributed by atoms with Gasteiger partial charge in [-0.05, 0) is 5.56 Å². The van der Waals surface area contributed by atoms with Gasteiger partial charge in [-0.25, -0.2) is 9.97 Å². The first kappa shape index (κ1) is 11.4. The molecule has 2 heterocycles. The number of rotatable bonds is 3. The van der Waals surface area contributed by atoms with Gasteiger partial charge in [0.05, 0.1) is 6.20 Å². The van der Waals surface area contributed by atoms with Crippen molar-refractivity contribution in [2.75, 3.05) is 5.73 Å². The highest BCUT2D eigenvalue weighted by molar-refractivity contribution is 5.74. The Morgan fingerprint density at radius 1 is 1.21 bits per heavy atom. The van der Waals surface area contributed by atoms with Gasteiger partial charge in [-0.3, -0.25) is 4.57 Å². The molecule has 3 aromatic rings. The minimum absolute atomic E-state index is 0.238. The molecular weight excluding hydrogens is 238 g/mol. The molecule has 0 atom stereocenters. The summed E-state index contributed by atoms with van der Waals surface area (Å²) in [6.07, 6.45) is 4.04. The third-order valence-corrected chi connectivity index (χ3v) is 2.91. The minimum atomic E-state index is 0.238. The zero-order chi connectivity index (χ0) is 13.2. The van der Waals surface area contributed by atoms with Crippen LogP contribution < -0.4 is 5.73 Å². The topological polar surface area (TPSA) is 69.6 Å². The number of anilines is 1. The minimum Gasteiger partial charge on any atom is -0.368 e. The summed E-state index contributed by atoms with van der Waals surface area (Å²) in [5, 5.41) is 0. The van der Waals surface area contributed by atoms with Crippen LogP contribution >= 0.6 is 0 Å². The number of hydrogen-bond donors (Lipinski definition) is 1. The molecule has 0 spiro atoms. The average molecular weight is 251 g/mol. The zero-order valence-electron chi connectivity index (χ0n) is 10.3. The second-order valence-electron chi connectivity index (χ2n) is 4.18. The van der Waals surface area contributed by atoms with Gasteiger partial charge in [-0.1, -0.05) is 36.9 Å². The molecule has 3 rings (SSSR count). The molecule has 1 aromatic carbocycles. The van der Waals surface area contributed by atoms with Gasteiger partial charge in [-0.2, -0.15) is 4.98 Å². The maximum atomic E-state index is 5.61. The largest absolute Gasteiger partial charge is 0.368 e. The maximum Gasteiger partial charge on any atom is 0.222 e. The lowest BCUT2D eigenvalue weighted by Gasteiger charge is -2.02. The fourth-order valence-electron chi connectivity index (χ4n) is 2.05. The summed E-state index contributed by atoms with van der Waals surface area (Å²) >= 11 is 0. The molecule has 19 heavy (non-hydrogen) atoms. The Bertz CT molecular complexity index is 730. The van der Waals surface area contributed by atoms with E-state index in [1.54, 1.807) is 12.4 Å². The van der Waals surface area contributed by atoms with E-state index in [0.717, 1.165) is 11.3 Å². The van der Waals surface area contributed by atoms with Gasteiger partial charge in [-0.15, -0.1) is 0 Å². The molecule has 0 aliphatic heterocycles. The summed E-state index contributed by atoms with van der Waals surface area (Å²) in [6.45, 7) is 3.81. The monoisotopic (exact) mass is 251 g/mol. The number of hydrogen-bond acceptors (Lipinski definition) is 4. The Morgan fingerprint density at radius 2 is 2.00 bits per heavy atom. The molecule has 0 unspecified atom stereocenters. The van der Waals surface area contributed by atoms with Crippen LogP contribution in [0.2, 0.25) is 0 Å². The summed E-state index contributed by atoms with van der Waals surface area (Å²) in [7, 11) is 0. The lowest BCUT2D eigenvalue weighted by Crippen LogP contribution is -1.99. The van der Waals surface area contributed by atoms with Crippen molar-refractivity contribution in [3.05, 3.63) is 54.5 Å². The number of aromatic nitrogens is 4. The standard InChI is InChI=1S/C14H13N5/c1-2-19-12(8-10-6-4-3-5-7-10)17-11-9-16-14(15)18-13(11)19/h2-7,9H,1,8H2,(H2,15,16,18). The van der Waals surface area contributed by atoms with Crippen LogP contribution in [0.25, 0.3) is 17.4 Å². The summed E-state index contributed by atoms with van der Waals surface area (Å²) in [6, 6.07) is 10.1. The van der Waals surface area contributed by atoms with Crippen molar-refractivity contribution in [1.82, 2.24) is 19.5 Å². The lowest BCUT2D eigenvalue weighted by atomic mass is 10.1. The summed E-state index contributed by atoms with van der Waals surface area (Å²) < 4.78 is 1.85. The summed E-state index contributed by atoms with van der Waals surface area (Å²) in [4.78, 5) is 12.7. The number of nitrogens with zero attached hydrogens (tertiary/aromatic N) is 4. The van der Waals surface area contributed by atoms with Crippen molar-refractivity contribution in [1.29, 1.82) is 0 Å². The summed E-state index contributed by atoms with van der Waals surface area (Å²) in [5.41, 5.74) is 8.20. The van der Waals surface area contributed by atoms with Gasteiger partial charge in [0.1, 0.15) is 11.3 Å². The van der Waals surface area contributed by atoms with Crippen LogP contribution in [0.5, 0.6) is 0 Å². The first-order valence-electron chi connectivity index (χ1n) is 5.94. The molecule has 0 aliphatic carbocycles. The number of benzene rings is 1. The Kier molecular flexibility index (Phi) is 2.72. The van der Waals surface area contributed by atoms with Crippen molar-refractivity contribution in [3.8, 4) is 0 Å². The molecule has 0 aliphatic rings. The normalized spacial score (nSPS) is 10.7. The molecule has 2 aromatic heterocycles. The predicted molar refractivity (Wildman–Crippen MR) is 75.4 cm³/mol. The van der Waals surface area contributed by atoms with Crippen LogP contribution in [-0.2, 0) is 6.42 Å². The van der Waals surface area contributed by atoms with Crippen LogP contribution in [0.15, 0.2) is 43.1 Å². The highest BCUT2D eigenvalue weighted by atomic mass is 15.2. The molecule has 0 radical (unpaired) electrons. The lowest BCUT2D eigenvalue weighted by molar-refractivity contribution is 0.961. The molecule has 0 fully saturated rings. The Hall–Kier alpha value is -2.69. The fourth-order valence-corrected chi connectivity index (χ4v) is 2.05. The molecule has 94 valence electrons. The third kappa shape index (κ3) is 2.06. The number of nitrogen functional groups attached to an aromatic ring is 1. The van der Waals surface area contributed by atoms with E-state index in [0.29, 0.717) is 12.1 Å². The van der Waals surface area contributed by atoms with E-state index >= 15 is 0 Å². The van der Waals surface area contributed by atoms with Gasteiger partial charge in [0, 0.05) is 12.6 Å². The molecule has 0 bridgehead atoms. The van der Waals surface area contributed by atoms with E-state index in [9.17, 15) is 0 Å². The van der Waals surface area contributed by atoms with Gasteiger partial charge < -0.3 is 5.73 Å². The van der Waals surface area contributed by atoms with Crippen LogP contribution in [0.4, 0.5) is 5.95 Å². The SMILES string of the molecule is C=Cn1c(Cc2ccccc2)nc2cnc(N)nc21. The van der Waals surface area contributed by atoms with Crippen molar-refractivity contribution < 1.29 is 0 Å². The van der Waals surface area contributed by atoms with Gasteiger partial charge in [0.2, 0.25) is 5.95 Å². The smallest absolute Gasteiger partial charge is 0.222 e. The van der Waals surface area contributed by atoms with Crippen LogP contribution in [0.3, 0.4) is 0 Å².